The molecule has 0 aliphatic carbocycles. The molecule has 6 heteroatoms. The number of nitrogens with zero attached hydrogens (tertiary/aromatic N) is 2. The number of nitrogen functional groups attached to an aromatic ring is 1. The van der Waals surface area contributed by atoms with Gasteiger partial charge < -0.3 is 25.5 Å². The Morgan fingerprint density at radius 2 is 1.87 bits per heavy atom. The van der Waals surface area contributed by atoms with Gasteiger partial charge in [-0.1, -0.05) is 12.1 Å². The van der Waals surface area contributed by atoms with Gasteiger partial charge in [0.05, 0.1) is 11.0 Å². The van der Waals surface area contributed by atoms with Crippen LogP contribution in [0.4, 0.5) is 5.69 Å². The number of benzene rings is 2. The van der Waals surface area contributed by atoms with Gasteiger partial charge in [-0.05, 0) is 12.1 Å². The molecule has 4 N–H and O–H groups in total. The van der Waals surface area contributed by atoms with Crippen LogP contribution in [0, 0.1) is 0 Å². The number of aromatic nitrogens is 2. The van der Waals surface area contributed by atoms with Crippen molar-refractivity contribution < 1.29 is 9.47 Å². The predicted molar refractivity (Wildman–Crippen MR) is 89.6 cm³/mol. The van der Waals surface area contributed by atoms with E-state index in [1.54, 1.807) is 0 Å². The van der Waals surface area contributed by atoms with Crippen LogP contribution < -0.4 is 20.9 Å². The van der Waals surface area contributed by atoms with E-state index in [1.807, 2.05) is 36.4 Å². The predicted octanol–water partition coefficient (Wildman–Crippen LogP) is 2.02. The van der Waals surface area contributed by atoms with Gasteiger partial charge in [-0.3, -0.25) is 0 Å². The van der Waals surface area contributed by atoms with Crippen LogP contribution in [-0.4, -0.2) is 29.3 Å². The van der Waals surface area contributed by atoms with Gasteiger partial charge in [-0.15, -0.1) is 0 Å². The quantitative estimate of drug-likeness (QED) is 0.723. The van der Waals surface area contributed by atoms with Gasteiger partial charge in [-0.2, -0.15) is 0 Å². The summed E-state index contributed by atoms with van der Waals surface area (Å²) in [7, 11) is 0. The van der Waals surface area contributed by atoms with Gasteiger partial charge in [0.15, 0.2) is 11.5 Å². The van der Waals surface area contributed by atoms with E-state index >= 15 is 0 Å². The molecule has 6 nitrogen and oxygen atoms in total. The summed E-state index contributed by atoms with van der Waals surface area (Å²) in [5.74, 6) is 2.33. The summed E-state index contributed by atoms with van der Waals surface area (Å²) in [5, 5.41) is 0. The molecule has 0 radical (unpaired) electrons. The first-order chi connectivity index (χ1) is 11.3. The van der Waals surface area contributed by atoms with Crippen molar-refractivity contribution in [1.29, 1.82) is 0 Å². The molecule has 0 fully saturated rings. The molecule has 0 unspecified atom stereocenters. The Morgan fingerprint density at radius 3 is 2.61 bits per heavy atom. The van der Waals surface area contributed by atoms with Crippen molar-refractivity contribution in [3.63, 3.8) is 0 Å². The summed E-state index contributed by atoms with van der Waals surface area (Å²) in [4.78, 5) is 4.77. The van der Waals surface area contributed by atoms with Gasteiger partial charge in [-0.25, -0.2) is 4.98 Å². The molecule has 118 valence electrons. The lowest BCUT2D eigenvalue weighted by molar-refractivity contribution is 0.172. The number of fused-ring (bicyclic) bond motifs is 2. The maximum absolute atomic E-state index is 5.91. The van der Waals surface area contributed by atoms with Crippen molar-refractivity contribution >= 4 is 16.7 Å². The number of hydrogen-bond donors (Lipinski definition) is 2. The van der Waals surface area contributed by atoms with Crippen molar-refractivity contribution in [3.05, 3.63) is 36.4 Å². The molecule has 0 saturated heterocycles. The zero-order valence-corrected chi connectivity index (χ0v) is 12.7. The first-order valence-electron chi connectivity index (χ1n) is 7.62. The minimum atomic E-state index is 0.523. The largest absolute Gasteiger partial charge is 0.486 e. The minimum Gasteiger partial charge on any atom is -0.486 e. The Bertz CT molecular complexity index is 872. The summed E-state index contributed by atoms with van der Waals surface area (Å²) in [6.45, 7) is 2.31. The number of anilines is 1. The highest BCUT2D eigenvalue weighted by molar-refractivity contribution is 5.84. The van der Waals surface area contributed by atoms with E-state index in [0.717, 1.165) is 33.9 Å². The molecule has 0 atom stereocenters. The molecular formula is C17H18N4O2. The van der Waals surface area contributed by atoms with E-state index in [9.17, 15) is 0 Å². The Balaban J connectivity index is 1.94. The van der Waals surface area contributed by atoms with Gasteiger partial charge in [0.1, 0.15) is 19.0 Å². The lowest BCUT2D eigenvalue weighted by atomic mass is 10.2. The van der Waals surface area contributed by atoms with E-state index in [0.29, 0.717) is 32.0 Å². The maximum atomic E-state index is 5.91. The molecule has 1 aromatic heterocycles. The average molecular weight is 310 g/mol. The third-order valence-electron chi connectivity index (χ3n) is 3.91. The first kappa shape index (κ1) is 13.9. The van der Waals surface area contributed by atoms with Crippen LogP contribution in [0.5, 0.6) is 11.5 Å². The average Bonchev–Trinajstić information content (AvgIpc) is 2.91. The van der Waals surface area contributed by atoms with Crippen molar-refractivity contribution in [2.24, 2.45) is 5.73 Å². The molecule has 1 aliphatic rings. The van der Waals surface area contributed by atoms with Gasteiger partial charge in [0.2, 0.25) is 0 Å². The molecule has 3 aromatic rings. The fourth-order valence-electron chi connectivity index (χ4n) is 2.92. The fourth-order valence-corrected chi connectivity index (χ4v) is 2.92. The van der Waals surface area contributed by atoms with Crippen LogP contribution in [-0.2, 0) is 6.54 Å². The summed E-state index contributed by atoms with van der Waals surface area (Å²) in [5.41, 5.74) is 15.2. The molecule has 0 bridgehead atoms. The lowest BCUT2D eigenvalue weighted by Crippen LogP contribution is -2.15. The molecule has 1 aliphatic heterocycles. The fraction of sp³-hybridized carbons (Fsp3) is 0.235. The highest BCUT2D eigenvalue weighted by atomic mass is 16.6. The van der Waals surface area contributed by atoms with Crippen LogP contribution in [0.15, 0.2) is 36.4 Å². The third-order valence-corrected chi connectivity index (χ3v) is 3.91. The van der Waals surface area contributed by atoms with E-state index in [4.69, 9.17) is 25.9 Å². The maximum Gasteiger partial charge on any atom is 0.163 e. The smallest absolute Gasteiger partial charge is 0.163 e. The van der Waals surface area contributed by atoms with Gasteiger partial charge >= 0.3 is 0 Å². The molecule has 0 saturated carbocycles. The first-order valence-corrected chi connectivity index (χ1v) is 7.62. The van der Waals surface area contributed by atoms with Gasteiger partial charge in [0.25, 0.3) is 0 Å². The normalized spacial score (nSPS) is 13.4. The number of hydrogen-bond acceptors (Lipinski definition) is 5. The van der Waals surface area contributed by atoms with Crippen LogP contribution in [0.2, 0.25) is 0 Å². The molecule has 0 spiro atoms. The monoisotopic (exact) mass is 310 g/mol. The Morgan fingerprint density at radius 1 is 1.09 bits per heavy atom. The zero-order valence-electron chi connectivity index (χ0n) is 12.7. The SMILES string of the molecule is NCCn1c(-c2cccc(N)c2)nc2cc3c(cc21)OCCO3. The number of ether oxygens (including phenoxy) is 2. The van der Waals surface area contributed by atoms with Crippen LogP contribution in [0.25, 0.3) is 22.4 Å². The lowest BCUT2D eigenvalue weighted by Gasteiger charge is -2.18. The highest BCUT2D eigenvalue weighted by Gasteiger charge is 2.18. The summed E-state index contributed by atoms with van der Waals surface area (Å²) < 4.78 is 13.4. The third kappa shape index (κ3) is 2.37. The second-order valence-electron chi connectivity index (χ2n) is 5.49. The number of rotatable bonds is 3. The highest BCUT2D eigenvalue weighted by Crippen LogP contribution is 2.36. The molecule has 0 amide bonds. The Labute approximate surface area is 133 Å². The van der Waals surface area contributed by atoms with E-state index < -0.39 is 0 Å². The topological polar surface area (TPSA) is 88.3 Å². The zero-order chi connectivity index (χ0) is 15.8. The Kier molecular flexibility index (Phi) is 3.31. The summed E-state index contributed by atoms with van der Waals surface area (Å²) in [6, 6.07) is 11.6. The van der Waals surface area contributed by atoms with Crippen LogP contribution in [0.1, 0.15) is 0 Å². The van der Waals surface area contributed by atoms with Crippen LogP contribution in [0.3, 0.4) is 0 Å². The standard InChI is InChI=1S/C17H18N4O2/c18-4-5-21-14-10-16-15(22-6-7-23-16)9-13(14)20-17(21)11-2-1-3-12(19)8-11/h1-3,8-10H,4-7,18-19H2. The minimum absolute atomic E-state index is 0.523. The van der Waals surface area contributed by atoms with Crippen molar-refractivity contribution in [1.82, 2.24) is 9.55 Å². The van der Waals surface area contributed by atoms with Crippen LogP contribution >= 0.6 is 0 Å². The van der Waals surface area contributed by atoms with Crippen molar-refractivity contribution in [2.45, 2.75) is 6.54 Å². The van der Waals surface area contributed by atoms with Crippen molar-refractivity contribution in [2.75, 3.05) is 25.5 Å². The van der Waals surface area contributed by atoms with Crippen molar-refractivity contribution in [3.8, 4) is 22.9 Å². The molecule has 4 rings (SSSR count). The molecule has 2 heterocycles. The van der Waals surface area contributed by atoms with E-state index in [2.05, 4.69) is 4.57 Å². The Hall–Kier alpha value is -2.73. The second-order valence-corrected chi connectivity index (χ2v) is 5.49. The second kappa shape index (κ2) is 5.48. The molecular weight excluding hydrogens is 292 g/mol. The summed E-state index contributed by atoms with van der Waals surface area (Å²) in [6.07, 6.45) is 0. The molecule has 23 heavy (non-hydrogen) atoms. The van der Waals surface area contributed by atoms with E-state index in [1.165, 1.54) is 0 Å². The number of imidazole rings is 1. The number of nitrogens with two attached hydrogens (primary N) is 2. The van der Waals surface area contributed by atoms with E-state index in [-0.39, 0.29) is 0 Å². The molecule has 2 aromatic carbocycles. The summed E-state index contributed by atoms with van der Waals surface area (Å²) >= 11 is 0. The van der Waals surface area contributed by atoms with Gasteiger partial charge in [0, 0.05) is 36.5 Å².